The van der Waals surface area contributed by atoms with Crippen molar-refractivity contribution in [2.45, 2.75) is 58.7 Å². The molecule has 1 N–H and O–H groups in total. The Hall–Kier alpha value is -5.06. The quantitative estimate of drug-likeness (QED) is 0.0769. The summed E-state index contributed by atoms with van der Waals surface area (Å²) < 4.78 is 48.7. The number of pyridine rings is 1. The van der Waals surface area contributed by atoms with E-state index in [1.165, 1.54) is 23.6 Å². The number of hydrogen-bond acceptors (Lipinski definition) is 15. The predicted molar refractivity (Wildman–Crippen MR) is 197 cm³/mol. The van der Waals surface area contributed by atoms with Crippen LogP contribution in [0.15, 0.2) is 42.5 Å². The maximum atomic E-state index is 14.1. The SMILES string of the molecule is CCCCOC(=O)N1CCN(C(=O)[C@H](C[P+](=O)OC(OC(=O)OCC)OC(=O)OCC)NC(=O)c2cc(N3CC[C@H](OC)C3)cc(-c3ccccc3)n2)CC1. The second-order valence-corrected chi connectivity index (χ2v) is 13.6. The highest BCUT2D eigenvalue weighted by Crippen LogP contribution is 2.30. The molecule has 0 spiro atoms. The molecule has 19 heteroatoms. The maximum absolute atomic E-state index is 14.1. The van der Waals surface area contributed by atoms with E-state index >= 15 is 0 Å². The summed E-state index contributed by atoms with van der Waals surface area (Å²) in [5.74, 6) is -1.38. The van der Waals surface area contributed by atoms with Gasteiger partial charge in [0.25, 0.3) is 5.91 Å². The van der Waals surface area contributed by atoms with Crippen LogP contribution in [0.5, 0.6) is 0 Å². The van der Waals surface area contributed by atoms with Gasteiger partial charge in [0.1, 0.15) is 5.69 Å². The number of amides is 3. The lowest BCUT2D eigenvalue weighted by molar-refractivity contribution is -0.199. The third kappa shape index (κ3) is 13.0. The van der Waals surface area contributed by atoms with Crippen molar-refractivity contribution in [1.82, 2.24) is 20.1 Å². The third-order valence-electron chi connectivity index (χ3n) is 8.58. The topological polar surface area (TPSA) is 202 Å². The maximum Gasteiger partial charge on any atom is 0.518 e. The van der Waals surface area contributed by atoms with Gasteiger partial charge in [-0.1, -0.05) is 48.2 Å². The molecule has 2 aromatic rings. The van der Waals surface area contributed by atoms with Crippen molar-refractivity contribution in [3.63, 3.8) is 0 Å². The first kappa shape index (κ1) is 42.7. The number of carbonyl (C=O) groups is 5. The summed E-state index contributed by atoms with van der Waals surface area (Å²) in [7, 11) is -1.34. The lowest BCUT2D eigenvalue weighted by Crippen LogP contribution is -2.56. The number of ether oxygens (including phenoxy) is 6. The van der Waals surface area contributed by atoms with Gasteiger partial charge in [-0.25, -0.2) is 19.4 Å². The average Bonchev–Trinajstić information content (AvgIpc) is 3.67. The number of aromatic nitrogens is 1. The van der Waals surface area contributed by atoms with Gasteiger partial charge in [-0.15, -0.1) is 0 Å². The molecule has 2 fully saturated rings. The van der Waals surface area contributed by atoms with Crippen LogP contribution in [0, 0.1) is 0 Å². The average molecular weight is 791 g/mol. The number of nitrogens with zero attached hydrogens (tertiary/aromatic N) is 4. The molecular weight excluding hydrogens is 741 g/mol. The minimum atomic E-state index is -2.99. The van der Waals surface area contributed by atoms with Gasteiger partial charge >= 0.3 is 32.9 Å². The van der Waals surface area contributed by atoms with E-state index in [1.54, 1.807) is 13.2 Å². The molecule has 1 aromatic heterocycles. The second-order valence-electron chi connectivity index (χ2n) is 12.4. The molecule has 55 heavy (non-hydrogen) atoms. The van der Waals surface area contributed by atoms with Crippen LogP contribution < -0.4 is 10.2 Å². The summed E-state index contributed by atoms with van der Waals surface area (Å²) >= 11 is 0. The van der Waals surface area contributed by atoms with Gasteiger partial charge in [-0.05, 0) is 43.4 Å². The van der Waals surface area contributed by atoms with Crippen molar-refractivity contribution in [2.75, 3.05) is 77.3 Å². The van der Waals surface area contributed by atoms with Crippen molar-refractivity contribution in [3.05, 3.63) is 48.2 Å². The van der Waals surface area contributed by atoms with Crippen LogP contribution >= 0.6 is 8.03 Å². The number of unbranched alkanes of at least 4 members (excludes halogenated alkanes) is 1. The summed E-state index contributed by atoms with van der Waals surface area (Å²) in [5.41, 5.74) is 1.97. The zero-order valence-corrected chi connectivity index (χ0v) is 32.4. The molecule has 3 heterocycles. The largest absolute Gasteiger partial charge is 0.518 e. The molecule has 0 saturated carbocycles. The molecule has 300 valence electrons. The molecule has 3 atom stereocenters. The smallest absolute Gasteiger partial charge is 0.449 e. The van der Waals surface area contributed by atoms with Crippen molar-refractivity contribution in [1.29, 1.82) is 0 Å². The van der Waals surface area contributed by atoms with E-state index in [-0.39, 0.29) is 57.8 Å². The molecule has 4 rings (SSSR count). The van der Waals surface area contributed by atoms with E-state index < -0.39 is 56.9 Å². The number of rotatable bonds is 17. The van der Waals surface area contributed by atoms with Gasteiger partial charge in [-0.2, -0.15) is 0 Å². The minimum absolute atomic E-state index is 0.00651. The lowest BCUT2D eigenvalue weighted by atomic mass is 10.1. The van der Waals surface area contributed by atoms with Gasteiger partial charge < -0.3 is 48.4 Å². The Labute approximate surface area is 320 Å². The molecular formula is C36H49N5O13P+. The number of anilines is 1. The Morgan fingerprint density at radius 3 is 2.15 bits per heavy atom. The fourth-order valence-corrected chi connectivity index (χ4v) is 6.60. The monoisotopic (exact) mass is 790 g/mol. The first-order valence-corrected chi connectivity index (χ1v) is 19.6. The molecule has 0 aliphatic carbocycles. The van der Waals surface area contributed by atoms with Crippen molar-refractivity contribution >= 4 is 43.9 Å². The highest BCUT2D eigenvalue weighted by molar-refractivity contribution is 7.39. The van der Waals surface area contributed by atoms with Crippen LogP contribution in [0.3, 0.4) is 0 Å². The van der Waals surface area contributed by atoms with Crippen molar-refractivity contribution in [2.24, 2.45) is 0 Å². The highest BCUT2D eigenvalue weighted by atomic mass is 31.1. The van der Waals surface area contributed by atoms with Crippen LogP contribution in [0.4, 0.5) is 20.1 Å². The Bertz CT molecular complexity index is 1610. The standard InChI is InChI=1S/C36H48N5O13P/c1-5-8-20-51-33(44)40-18-16-39(17-19-40)32(43)30(24-55(47)54-36(52-34(45)49-6-2)53-35(46)50-7-3)38-31(42)29-22-26(41-15-14-27(23-41)48-4)21-28(37-29)25-12-10-9-11-13-25/h9-13,21-22,27,30,36H,5-8,14-20,23-24H2,1-4H3/p+1/t27-,30-/m0/s1. The van der Waals surface area contributed by atoms with Crippen LogP contribution in [0.25, 0.3) is 11.3 Å². The first-order chi connectivity index (χ1) is 26.5. The molecule has 18 nitrogen and oxygen atoms in total. The Balaban J connectivity index is 1.58. The predicted octanol–water partition coefficient (Wildman–Crippen LogP) is 4.54. The van der Waals surface area contributed by atoms with Crippen molar-refractivity contribution < 1.29 is 61.5 Å². The van der Waals surface area contributed by atoms with E-state index in [1.807, 2.05) is 43.3 Å². The van der Waals surface area contributed by atoms with E-state index in [4.69, 9.17) is 32.9 Å². The van der Waals surface area contributed by atoms with Crippen molar-refractivity contribution in [3.8, 4) is 11.3 Å². The summed E-state index contributed by atoms with van der Waals surface area (Å²) in [6.45, 7) is 4.70. The molecule has 2 aliphatic rings. The summed E-state index contributed by atoms with van der Waals surface area (Å²) in [5, 5.41) is 2.67. The highest BCUT2D eigenvalue weighted by Gasteiger charge is 2.40. The van der Waals surface area contributed by atoms with Gasteiger partial charge in [0, 0.05) is 57.6 Å². The molecule has 1 unspecified atom stereocenters. The number of piperazine rings is 1. The molecule has 0 radical (unpaired) electrons. The molecule has 2 aliphatic heterocycles. The minimum Gasteiger partial charge on any atom is -0.449 e. The normalized spacial score (nSPS) is 16.3. The molecule has 3 amide bonds. The zero-order valence-electron chi connectivity index (χ0n) is 31.5. The second kappa shape index (κ2) is 21.7. The number of nitrogens with one attached hydrogen (secondary N) is 1. The fourth-order valence-electron chi connectivity index (χ4n) is 5.69. The number of hydrogen-bond donors (Lipinski definition) is 1. The van der Waals surface area contributed by atoms with Gasteiger partial charge in [0.15, 0.2) is 6.04 Å². The Morgan fingerprint density at radius 2 is 1.55 bits per heavy atom. The fraction of sp³-hybridized carbons (Fsp3) is 0.556. The van der Waals surface area contributed by atoms with E-state index in [9.17, 15) is 28.5 Å². The van der Waals surface area contributed by atoms with Crippen LogP contribution in [-0.4, -0.2) is 136 Å². The van der Waals surface area contributed by atoms with E-state index in [0.29, 0.717) is 24.5 Å². The van der Waals surface area contributed by atoms with Gasteiger partial charge in [-0.3, -0.25) is 9.59 Å². The van der Waals surface area contributed by atoms with Crippen LogP contribution in [0.1, 0.15) is 50.5 Å². The Morgan fingerprint density at radius 1 is 0.891 bits per heavy atom. The van der Waals surface area contributed by atoms with Gasteiger partial charge in [0.2, 0.25) is 12.1 Å². The molecule has 1 aromatic carbocycles. The Kier molecular flexibility index (Phi) is 16.9. The van der Waals surface area contributed by atoms with Crippen LogP contribution in [0.2, 0.25) is 0 Å². The number of methoxy groups -OCH3 is 1. The van der Waals surface area contributed by atoms with E-state index in [2.05, 4.69) is 15.2 Å². The third-order valence-corrected chi connectivity index (χ3v) is 9.65. The molecule has 0 bridgehead atoms. The van der Waals surface area contributed by atoms with Gasteiger partial charge in [0.05, 0.1) is 31.6 Å². The lowest BCUT2D eigenvalue weighted by Gasteiger charge is -2.35. The van der Waals surface area contributed by atoms with E-state index in [0.717, 1.165) is 24.8 Å². The number of benzene rings is 1. The number of carbonyl (C=O) groups excluding carboxylic acids is 5. The summed E-state index contributed by atoms with van der Waals surface area (Å²) in [4.78, 5) is 74.3. The summed E-state index contributed by atoms with van der Waals surface area (Å²) in [6.07, 6.45) is -1.34. The van der Waals surface area contributed by atoms with Crippen LogP contribution in [-0.2, 0) is 42.3 Å². The molecule has 2 saturated heterocycles. The zero-order chi connectivity index (χ0) is 39.7. The first-order valence-electron chi connectivity index (χ1n) is 18.2. The summed E-state index contributed by atoms with van der Waals surface area (Å²) in [6, 6.07) is 11.3.